The van der Waals surface area contributed by atoms with Crippen LogP contribution in [0.1, 0.15) is 57.9 Å². The Hall–Kier alpha value is -3.33. The van der Waals surface area contributed by atoms with Crippen molar-refractivity contribution in [3.8, 4) is 0 Å². The van der Waals surface area contributed by atoms with E-state index in [1.807, 2.05) is 6.07 Å². The van der Waals surface area contributed by atoms with Crippen LogP contribution in [0, 0.1) is 0 Å². The molecule has 4 aromatic rings. The Morgan fingerprint density at radius 2 is 1.77 bits per heavy atom. The van der Waals surface area contributed by atoms with Crippen LogP contribution in [-0.2, 0) is 30.7 Å². The highest BCUT2D eigenvalue weighted by atomic mass is 35.5. The Balaban J connectivity index is 1.34. The van der Waals surface area contributed by atoms with Crippen molar-refractivity contribution >= 4 is 50.5 Å². The number of hydrogen-bond acceptors (Lipinski definition) is 6. The zero-order chi connectivity index (χ0) is 26.9. The molecule has 2 aliphatic rings. The fourth-order valence-corrected chi connectivity index (χ4v) is 7.04. The molecule has 0 saturated carbocycles. The van der Waals surface area contributed by atoms with E-state index in [1.165, 1.54) is 9.44 Å². The highest BCUT2D eigenvalue weighted by Gasteiger charge is 2.25. The number of rotatable bonds is 7. The summed E-state index contributed by atoms with van der Waals surface area (Å²) in [5.74, 6) is -0.0254. The van der Waals surface area contributed by atoms with Gasteiger partial charge in [0.2, 0.25) is 5.91 Å². The number of likely N-dealkylation sites (tertiary alicyclic amines) is 1. The maximum atomic E-state index is 13.9. The van der Waals surface area contributed by atoms with Gasteiger partial charge in [0.05, 0.1) is 17.6 Å². The van der Waals surface area contributed by atoms with Crippen LogP contribution in [0.2, 0.25) is 5.02 Å². The maximum Gasteiger partial charge on any atom is 0.263 e. The molecule has 7 nitrogen and oxygen atoms in total. The molecule has 2 aromatic heterocycles. The average molecular weight is 561 g/mol. The third-order valence-corrected chi connectivity index (χ3v) is 8.98. The number of carbonyl (C=O) groups excluding carboxylic acids is 2. The molecule has 0 spiro atoms. The van der Waals surface area contributed by atoms with Crippen molar-refractivity contribution < 1.29 is 9.59 Å². The van der Waals surface area contributed by atoms with Gasteiger partial charge in [-0.3, -0.25) is 23.9 Å². The lowest BCUT2D eigenvalue weighted by Gasteiger charge is -2.19. The first kappa shape index (κ1) is 25.9. The van der Waals surface area contributed by atoms with Crippen LogP contribution in [0.25, 0.3) is 10.2 Å². The first-order valence-electron chi connectivity index (χ1n) is 13.4. The Morgan fingerprint density at radius 3 is 2.56 bits per heavy atom. The largest absolute Gasteiger partial charge is 0.324 e. The Labute approximate surface area is 235 Å². The number of nitrogens with one attached hydrogen (secondary N) is 1. The van der Waals surface area contributed by atoms with Crippen molar-refractivity contribution in [1.82, 2.24) is 14.5 Å². The Kier molecular flexibility index (Phi) is 7.34. The fraction of sp³-hybridized carbons (Fsp3) is 0.333. The van der Waals surface area contributed by atoms with Gasteiger partial charge in [0.25, 0.3) is 5.56 Å². The van der Waals surface area contributed by atoms with Gasteiger partial charge < -0.3 is 5.32 Å². The molecule has 3 heterocycles. The van der Waals surface area contributed by atoms with Gasteiger partial charge >= 0.3 is 0 Å². The van der Waals surface area contributed by atoms with Crippen LogP contribution in [0.4, 0.5) is 5.69 Å². The summed E-state index contributed by atoms with van der Waals surface area (Å²) < 4.78 is 1.53. The van der Waals surface area contributed by atoms with Gasteiger partial charge in [-0.25, -0.2) is 4.98 Å². The highest BCUT2D eigenvalue weighted by molar-refractivity contribution is 7.18. The lowest BCUT2D eigenvalue weighted by molar-refractivity contribution is -0.116. The first-order chi connectivity index (χ1) is 19.0. The molecule has 2 aromatic carbocycles. The van der Waals surface area contributed by atoms with E-state index in [1.54, 1.807) is 53.8 Å². The van der Waals surface area contributed by atoms with Crippen LogP contribution < -0.4 is 10.9 Å². The second-order valence-corrected chi connectivity index (χ2v) is 11.7. The summed E-state index contributed by atoms with van der Waals surface area (Å²) >= 11 is 7.84. The van der Waals surface area contributed by atoms with Crippen molar-refractivity contribution in [3.63, 3.8) is 0 Å². The minimum Gasteiger partial charge on any atom is -0.324 e. The zero-order valence-electron chi connectivity index (χ0n) is 21.5. The Morgan fingerprint density at radius 1 is 1.00 bits per heavy atom. The molecule has 6 rings (SSSR count). The molecule has 1 amide bonds. The summed E-state index contributed by atoms with van der Waals surface area (Å²) in [5, 5.41) is 3.93. The number of benzene rings is 2. The number of anilines is 1. The summed E-state index contributed by atoms with van der Waals surface area (Å²) in [4.78, 5) is 49.8. The molecule has 1 fully saturated rings. The lowest BCUT2D eigenvalue weighted by atomic mass is 9.97. The van der Waals surface area contributed by atoms with Gasteiger partial charge in [-0.2, -0.15) is 0 Å². The van der Waals surface area contributed by atoms with Crippen molar-refractivity contribution in [2.75, 3.05) is 18.4 Å². The maximum absolute atomic E-state index is 13.9. The van der Waals surface area contributed by atoms with Crippen LogP contribution in [-0.4, -0.2) is 39.2 Å². The predicted molar refractivity (Wildman–Crippen MR) is 155 cm³/mol. The first-order valence-corrected chi connectivity index (χ1v) is 14.6. The number of nitrogens with zero attached hydrogens (tertiary/aromatic N) is 3. The van der Waals surface area contributed by atoms with Gasteiger partial charge in [0.15, 0.2) is 5.78 Å². The van der Waals surface area contributed by atoms with E-state index in [2.05, 4.69) is 10.2 Å². The second-order valence-electron chi connectivity index (χ2n) is 10.2. The number of thiophene rings is 1. The number of hydrogen-bond donors (Lipinski definition) is 1. The predicted octanol–water partition coefficient (Wildman–Crippen LogP) is 5.46. The number of amides is 1. The summed E-state index contributed by atoms with van der Waals surface area (Å²) in [7, 11) is 0. The molecule has 200 valence electrons. The number of aryl methyl sites for hydroxylation is 2. The van der Waals surface area contributed by atoms with Crippen LogP contribution >= 0.6 is 22.9 Å². The minimum atomic E-state index is -0.394. The van der Waals surface area contributed by atoms with Crippen molar-refractivity contribution in [2.45, 2.75) is 51.6 Å². The zero-order valence-corrected chi connectivity index (χ0v) is 23.1. The number of fused-ring (bicyclic) bond motifs is 3. The molecular formula is C30H29ClN4O3S. The summed E-state index contributed by atoms with van der Waals surface area (Å²) in [6.45, 7) is 2.25. The molecule has 1 saturated heterocycles. The molecule has 0 bridgehead atoms. The fourth-order valence-electron chi connectivity index (χ4n) is 5.60. The van der Waals surface area contributed by atoms with Gasteiger partial charge in [-0.1, -0.05) is 41.9 Å². The van der Waals surface area contributed by atoms with Crippen molar-refractivity contribution in [1.29, 1.82) is 0 Å². The number of carbonyl (C=O) groups is 2. The van der Waals surface area contributed by atoms with Crippen LogP contribution in [0.3, 0.4) is 0 Å². The molecule has 39 heavy (non-hydrogen) atoms. The van der Waals surface area contributed by atoms with Gasteiger partial charge in [-0.15, -0.1) is 11.3 Å². The van der Waals surface area contributed by atoms with Crippen molar-refractivity contribution in [2.24, 2.45) is 0 Å². The topological polar surface area (TPSA) is 84.3 Å². The van der Waals surface area contributed by atoms with Crippen LogP contribution in [0.5, 0.6) is 0 Å². The van der Waals surface area contributed by atoms with Gasteiger partial charge in [0.1, 0.15) is 17.2 Å². The van der Waals surface area contributed by atoms with E-state index >= 15 is 0 Å². The normalized spacial score (nSPS) is 15.4. The third kappa shape index (κ3) is 5.29. The minimum absolute atomic E-state index is 0.152. The number of halogens is 1. The monoisotopic (exact) mass is 560 g/mol. The van der Waals surface area contributed by atoms with E-state index in [-0.39, 0.29) is 17.9 Å². The molecular weight excluding hydrogens is 532 g/mol. The lowest BCUT2D eigenvalue weighted by Crippen LogP contribution is -2.34. The molecule has 1 aliphatic carbocycles. The average Bonchev–Trinajstić information content (AvgIpc) is 3.59. The van der Waals surface area contributed by atoms with E-state index < -0.39 is 5.91 Å². The van der Waals surface area contributed by atoms with Gasteiger partial charge in [0, 0.05) is 21.0 Å². The van der Waals surface area contributed by atoms with E-state index in [4.69, 9.17) is 16.6 Å². The molecule has 1 aliphatic heterocycles. The number of ketones is 1. The molecule has 1 N–H and O–H groups in total. The summed E-state index contributed by atoms with van der Waals surface area (Å²) in [6, 6.07) is 13.7. The standard InChI is InChI=1S/C30H29ClN4O3S/c31-20-12-13-23(22(16-20)28(37)19-8-2-1-3-9-19)32-26(36)18-35-25(17-34-14-6-7-15-34)33-29-27(30(35)38)21-10-4-5-11-24(21)39-29/h1-3,8-9,12-13,16H,4-7,10-11,14-15,17-18H2,(H,32,36). The molecule has 9 heteroatoms. The molecule has 0 radical (unpaired) electrons. The molecule has 0 atom stereocenters. The van der Waals surface area contributed by atoms with Gasteiger partial charge in [-0.05, 0) is 75.4 Å². The quantitative estimate of drug-likeness (QED) is 0.304. The highest BCUT2D eigenvalue weighted by Crippen LogP contribution is 2.34. The SMILES string of the molecule is O=C(Cn1c(CN2CCCC2)nc2sc3c(c2c1=O)CCCC3)Nc1ccc(Cl)cc1C(=O)c1ccccc1. The van der Waals surface area contributed by atoms with E-state index in [0.717, 1.165) is 62.0 Å². The van der Waals surface area contributed by atoms with Crippen LogP contribution in [0.15, 0.2) is 53.3 Å². The summed E-state index contributed by atoms with van der Waals surface area (Å²) in [5.41, 5.74) is 2.10. The summed E-state index contributed by atoms with van der Waals surface area (Å²) in [6.07, 6.45) is 6.28. The number of aromatic nitrogens is 2. The Bertz CT molecular complexity index is 1620. The molecule has 0 unspecified atom stereocenters. The third-order valence-electron chi connectivity index (χ3n) is 7.56. The van der Waals surface area contributed by atoms with E-state index in [0.29, 0.717) is 39.6 Å². The van der Waals surface area contributed by atoms with E-state index in [9.17, 15) is 14.4 Å². The second kappa shape index (κ2) is 11.0. The smallest absolute Gasteiger partial charge is 0.263 e. The van der Waals surface area contributed by atoms with Crippen molar-refractivity contribution in [3.05, 3.63) is 91.3 Å².